The number of hydrogen-bond donors (Lipinski definition) is 1. The highest BCUT2D eigenvalue weighted by atomic mass is 79.9. The zero-order chi connectivity index (χ0) is 12.6. The first-order valence-electron chi connectivity index (χ1n) is 6.86. The Balaban J connectivity index is 1.71. The molecule has 2 aliphatic heterocycles. The highest BCUT2D eigenvalue weighted by Crippen LogP contribution is 2.30. The van der Waals surface area contributed by atoms with Crippen molar-refractivity contribution in [3.8, 4) is 0 Å². The lowest BCUT2D eigenvalue weighted by Crippen LogP contribution is -2.40. The van der Waals surface area contributed by atoms with Gasteiger partial charge in [0.2, 0.25) is 0 Å². The van der Waals surface area contributed by atoms with Crippen molar-refractivity contribution in [3.63, 3.8) is 0 Å². The van der Waals surface area contributed by atoms with E-state index in [4.69, 9.17) is 0 Å². The van der Waals surface area contributed by atoms with E-state index < -0.39 is 0 Å². The molecule has 2 nitrogen and oxygen atoms in total. The van der Waals surface area contributed by atoms with Gasteiger partial charge in [0.15, 0.2) is 0 Å². The van der Waals surface area contributed by atoms with Crippen LogP contribution in [0, 0.1) is 5.41 Å². The van der Waals surface area contributed by atoms with E-state index in [2.05, 4.69) is 51.3 Å². The Hall–Kier alpha value is -0.380. The van der Waals surface area contributed by atoms with Crippen molar-refractivity contribution in [2.24, 2.45) is 5.41 Å². The Kier molecular flexibility index (Phi) is 3.48. The summed E-state index contributed by atoms with van der Waals surface area (Å²) in [6, 6.07) is 6.60. The summed E-state index contributed by atoms with van der Waals surface area (Å²) in [5.74, 6) is 0. The fraction of sp³-hybridized carbons (Fsp3) is 0.600. The van der Waals surface area contributed by atoms with Crippen LogP contribution in [0.15, 0.2) is 22.7 Å². The van der Waals surface area contributed by atoms with Crippen LogP contribution in [0.4, 0.5) is 0 Å². The van der Waals surface area contributed by atoms with Gasteiger partial charge in [0, 0.05) is 30.7 Å². The molecule has 1 saturated heterocycles. The molecule has 1 N–H and O–H groups in total. The molecule has 0 amide bonds. The predicted molar refractivity (Wildman–Crippen MR) is 78.7 cm³/mol. The summed E-state index contributed by atoms with van der Waals surface area (Å²) in [6.45, 7) is 8.33. The van der Waals surface area contributed by atoms with E-state index in [0.29, 0.717) is 5.41 Å². The van der Waals surface area contributed by atoms with E-state index in [9.17, 15) is 0 Å². The molecule has 0 radical (unpaired) electrons. The highest BCUT2D eigenvalue weighted by Gasteiger charge is 2.31. The summed E-state index contributed by atoms with van der Waals surface area (Å²) in [5.41, 5.74) is 3.50. The fourth-order valence-electron chi connectivity index (χ4n) is 3.30. The molecule has 98 valence electrons. The summed E-state index contributed by atoms with van der Waals surface area (Å²) in [4.78, 5) is 2.63. The minimum absolute atomic E-state index is 0.476. The van der Waals surface area contributed by atoms with E-state index in [0.717, 1.165) is 6.54 Å². The minimum Gasteiger partial charge on any atom is -0.316 e. The van der Waals surface area contributed by atoms with Gasteiger partial charge >= 0.3 is 0 Å². The number of nitrogens with one attached hydrogen (secondary N) is 1. The average molecular weight is 309 g/mol. The minimum atomic E-state index is 0.476. The topological polar surface area (TPSA) is 15.3 Å². The van der Waals surface area contributed by atoms with Gasteiger partial charge in [-0.2, -0.15) is 0 Å². The van der Waals surface area contributed by atoms with Crippen LogP contribution >= 0.6 is 15.9 Å². The zero-order valence-electron chi connectivity index (χ0n) is 11.0. The maximum absolute atomic E-state index is 3.67. The van der Waals surface area contributed by atoms with Gasteiger partial charge in [-0.1, -0.05) is 35.0 Å². The molecule has 1 unspecified atom stereocenters. The third-order valence-corrected chi connectivity index (χ3v) is 5.09. The summed E-state index contributed by atoms with van der Waals surface area (Å²) in [7, 11) is 0. The van der Waals surface area contributed by atoms with E-state index in [1.54, 1.807) is 0 Å². The van der Waals surface area contributed by atoms with Crippen molar-refractivity contribution in [2.45, 2.75) is 26.3 Å². The van der Waals surface area contributed by atoms with Crippen LogP contribution < -0.4 is 5.32 Å². The van der Waals surface area contributed by atoms with Gasteiger partial charge in [-0.25, -0.2) is 0 Å². The standard InChI is InChI=1S/C15H21BrN2/c1-15(6-7-17-10-15)11-18-8-5-13-12(9-18)3-2-4-14(13)16/h2-4,17H,5-11H2,1H3. The summed E-state index contributed by atoms with van der Waals surface area (Å²) < 4.78 is 1.29. The normalized spacial score (nSPS) is 28.3. The van der Waals surface area contributed by atoms with Crippen LogP contribution in [0.25, 0.3) is 0 Å². The number of halogens is 1. The first kappa shape index (κ1) is 12.6. The molecule has 1 aromatic rings. The molecule has 18 heavy (non-hydrogen) atoms. The predicted octanol–water partition coefficient (Wildman–Crippen LogP) is 2.81. The molecule has 1 aromatic carbocycles. The molecule has 2 aliphatic rings. The molecule has 3 heteroatoms. The Morgan fingerprint density at radius 1 is 1.44 bits per heavy atom. The van der Waals surface area contributed by atoms with Crippen LogP contribution in [0.5, 0.6) is 0 Å². The van der Waals surface area contributed by atoms with Gasteiger partial charge in [-0.15, -0.1) is 0 Å². The fourth-order valence-corrected chi connectivity index (χ4v) is 3.91. The van der Waals surface area contributed by atoms with Crippen molar-refractivity contribution in [3.05, 3.63) is 33.8 Å². The molecule has 0 spiro atoms. The van der Waals surface area contributed by atoms with Gasteiger partial charge in [0.05, 0.1) is 0 Å². The number of nitrogens with zero attached hydrogens (tertiary/aromatic N) is 1. The first-order valence-corrected chi connectivity index (χ1v) is 7.65. The molecule has 1 fully saturated rings. The lowest BCUT2D eigenvalue weighted by atomic mass is 9.88. The van der Waals surface area contributed by atoms with E-state index in [-0.39, 0.29) is 0 Å². The molecule has 2 heterocycles. The van der Waals surface area contributed by atoms with Gasteiger partial charge in [0.25, 0.3) is 0 Å². The van der Waals surface area contributed by atoms with Crippen molar-refractivity contribution >= 4 is 15.9 Å². The van der Waals surface area contributed by atoms with Crippen molar-refractivity contribution in [2.75, 3.05) is 26.2 Å². The Morgan fingerprint density at radius 2 is 2.33 bits per heavy atom. The second kappa shape index (κ2) is 4.95. The number of fused-ring (bicyclic) bond motifs is 1. The Labute approximate surface area is 118 Å². The lowest BCUT2D eigenvalue weighted by molar-refractivity contribution is 0.164. The van der Waals surface area contributed by atoms with Crippen LogP contribution in [0.3, 0.4) is 0 Å². The maximum Gasteiger partial charge on any atom is 0.0237 e. The van der Waals surface area contributed by atoms with Gasteiger partial charge < -0.3 is 5.32 Å². The van der Waals surface area contributed by atoms with Gasteiger partial charge in [-0.05, 0) is 42.0 Å². The van der Waals surface area contributed by atoms with E-state index >= 15 is 0 Å². The number of benzene rings is 1. The maximum atomic E-state index is 3.67. The van der Waals surface area contributed by atoms with E-state index in [1.165, 1.54) is 54.6 Å². The Morgan fingerprint density at radius 3 is 3.11 bits per heavy atom. The van der Waals surface area contributed by atoms with Crippen molar-refractivity contribution in [1.29, 1.82) is 0 Å². The second-order valence-corrected chi connectivity index (χ2v) is 6.93. The largest absolute Gasteiger partial charge is 0.316 e. The van der Waals surface area contributed by atoms with Crippen LogP contribution in [-0.2, 0) is 13.0 Å². The summed E-state index contributed by atoms with van der Waals surface area (Å²) >= 11 is 3.67. The molecule has 0 aromatic heterocycles. The SMILES string of the molecule is CC1(CN2CCc3c(Br)cccc3C2)CCNC1. The molecule has 0 aliphatic carbocycles. The smallest absolute Gasteiger partial charge is 0.0237 e. The van der Waals surface area contributed by atoms with Crippen molar-refractivity contribution in [1.82, 2.24) is 10.2 Å². The monoisotopic (exact) mass is 308 g/mol. The third kappa shape index (κ3) is 2.49. The number of hydrogen-bond acceptors (Lipinski definition) is 2. The molecular weight excluding hydrogens is 288 g/mol. The summed E-state index contributed by atoms with van der Waals surface area (Å²) in [6.07, 6.45) is 2.50. The highest BCUT2D eigenvalue weighted by molar-refractivity contribution is 9.10. The van der Waals surface area contributed by atoms with Crippen molar-refractivity contribution < 1.29 is 0 Å². The molecule has 0 bridgehead atoms. The number of rotatable bonds is 2. The molecular formula is C15H21BrN2. The van der Waals surface area contributed by atoms with Gasteiger partial charge in [0.1, 0.15) is 0 Å². The second-order valence-electron chi connectivity index (χ2n) is 6.08. The molecule has 0 saturated carbocycles. The van der Waals surface area contributed by atoms with Gasteiger partial charge in [-0.3, -0.25) is 4.90 Å². The Bertz CT molecular complexity index is 438. The van der Waals surface area contributed by atoms with E-state index in [1.807, 2.05) is 0 Å². The zero-order valence-corrected chi connectivity index (χ0v) is 12.6. The third-order valence-electron chi connectivity index (χ3n) is 4.35. The van der Waals surface area contributed by atoms with Crippen LogP contribution in [0.2, 0.25) is 0 Å². The molecule has 1 atom stereocenters. The van der Waals surface area contributed by atoms with Crippen LogP contribution in [0.1, 0.15) is 24.5 Å². The average Bonchev–Trinajstić information content (AvgIpc) is 2.76. The summed E-state index contributed by atoms with van der Waals surface area (Å²) in [5, 5.41) is 3.50. The molecule has 3 rings (SSSR count). The van der Waals surface area contributed by atoms with Crippen LogP contribution in [-0.4, -0.2) is 31.1 Å². The first-order chi connectivity index (χ1) is 8.66. The lowest BCUT2D eigenvalue weighted by Gasteiger charge is -2.35. The quantitative estimate of drug-likeness (QED) is 0.904.